The first-order chi connectivity index (χ1) is 9.78. The van der Waals surface area contributed by atoms with E-state index in [-0.39, 0.29) is 0 Å². The maximum Gasteiger partial charge on any atom is 0.161 e. The summed E-state index contributed by atoms with van der Waals surface area (Å²) in [5.41, 5.74) is 1.29. The minimum Gasteiger partial charge on any atom is -0.493 e. The second kappa shape index (κ2) is 7.89. The number of rotatable bonds is 5. The number of alkyl halides is 1. The van der Waals surface area contributed by atoms with Gasteiger partial charge in [0.1, 0.15) is 0 Å². The van der Waals surface area contributed by atoms with Crippen LogP contribution in [0.25, 0.3) is 0 Å². The van der Waals surface area contributed by atoms with Crippen molar-refractivity contribution in [3.8, 4) is 11.5 Å². The highest BCUT2D eigenvalue weighted by Gasteiger charge is 2.20. The van der Waals surface area contributed by atoms with Gasteiger partial charge >= 0.3 is 0 Å². The van der Waals surface area contributed by atoms with E-state index in [1.807, 2.05) is 6.07 Å². The Kier molecular flexibility index (Phi) is 6.17. The van der Waals surface area contributed by atoms with Gasteiger partial charge in [0, 0.05) is 17.9 Å². The monoisotopic (exact) mass is 341 g/mol. The molecule has 4 heteroatoms. The van der Waals surface area contributed by atoms with Gasteiger partial charge in [-0.2, -0.15) is 0 Å². The number of methoxy groups -OCH3 is 2. The van der Waals surface area contributed by atoms with Gasteiger partial charge in [0.15, 0.2) is 11.5 Å². The molecule has 1 aliphatic heterocycles. The molecule has 1 unspecified atom stereocenters. The fourth-order valence-electron chi connectivity index (χ4n) is 2.83. The Labute approximate surface area is 130 Å². The summed E-state index contributed by atoms with van der Waals surface area (Å²) < 4.78 is 10.7. The molecule has 0 spiro atoms. The smallest absolute Gasteiger partial charge is 0.161 e. The number of hydrogen-bond donors (Lipinski definition) is 0. The van der Waals surface area contributed by atoms with E-state index < -0.39 is 0 Å². The topological polar surface area (TPSA) is 21.7 Å². The van der Waals surface area contributed by atoms with Gasteiger partial charge in [-0.15, -0.1) is 0 Å². The fraction of sp³-hybridized carbons (Fsp3) is 0.625. The van der Waals surface area contributed by atoms with Crippen LogP contribution in [-0.2, 0) is 6.54 Å². The first-order valence-corrected chi connectivity index (χ1v) is 8.41. The second-order valence-corrected chi connectivity index (χ2v) is 5.96. The number of halogens is 1. The Balaban J connectivity index is 2.11. The van der Waals surface area contributed by atoms with Crippen LogP contribution in [0.4, 0.5) is 0 Å². The maximum atomic E-state index is 5.39. The number of likely N-dealkylation sites (tertiary alicyclic amines) is 1. The molecule has 0 N–H and O–H groups in total. The Morgan fingerprint density at radius 3 is 2.65 bits per heavy atom. The second-order valence-electron chi connectivity index (χ2n) is 5.32. The predicted molar refractivity (Wildman–Crippen MR) is 86.0 cm³/mol. The van der Waals surface area contributed by atoms with Crippen molar-refractivity contribution in [2.75, 3.05) is 26.1 Å². The van der Waals surface area contributed by atoms with Gasteiger partial charge in [-0.3, -0.25) is 4.90 Å². The third-order valence-electron chi connectivity index (χ3n) is 4.01. The predicted octanol–water partition coefficient (Wildman–Crippen LogP) is 3.84. The molecule has 1 aliphatic rings. The Morgan fingerprint density at radius 1 is 1.15 bits per heavy atom. The van der Waals surface area contributed by atoms with Crippen LogP contribution in [0.1, 0.15) is 31.2 Å². The van der Waals surface area contributed by atoms with Gasteiger partial charge in [-0.05, 0) is 37.1 Å². The zero-order valence-corrected chi connectivity index (χ0v) is 14.0. The molecule has 0 aromatic heterocycles. The van der Waals surface area contributed by atoms with Gasteiger partial charge in [0.2, 0.25) is 0 Å². The van der Waals surface area contributed by atoms with Gasteiger partial charge in [-0.25, -0.2) is 0 Å². The van der Waals surface area contributed by atoms with Crippen LogP contribution in [-0.4, -0.2) is 37.0 Å². The summed E-state index contributed by atoms with van der Waals surface area (Å²) >= 11 is 3.66. The lowest BCUT2D eigenvalue weighted by molar-refractivity contribution is 0.209. The van der Waals surface area contributed by atoms with E-state index in [0.29, 0.717) is 6.04 Å². The molecule has 0 aliphatic carbocycles. The molecular formula is C16H24BrNO2. The van der Waals surface area contributed by atoms with Crippen molar-refractivity contribution in [1.29, 1.82) is 0 Å². The van der Waals surface area contributed by atoms with Crippen molar-refractivity contribution < 1.29 is 9.47 Å². The van der Waals surface area contributed by atoms with E-state index in [1.54, 1.807) is 14.2 Å². The molecule has 1 fully saturated rings. The minimum absolute atomic E-state index is 0.644. The van der Waals surface area contributed by atoms with Crippen LogP contribution in [0.15, 0.2) is 18.2 Å². The third kappa shape index (κ3) is 3.89. The summed E-state index contributed by atoms with van der Waals surface area (Å²) in [4.78, 5) is 2.59. The van der Waals surface area contributed by atoms with Crippen LogP contribution >= 0.6 is 15.9 Å². The third-order valence-corrected chi connectivity index (χ3v) is 4.76. The molecule has 3 nitrogen and oxygen atoms in total. The normalized spacial score (nSPS) is 20.4. The maximum absolute atomic E-state index is 5.39. The zero-order valence-electron chi connectivity index (χ0n) is 12.4. The van der Waals surface area contributed by atoms with Crippen LogP contribution in [0.5, 0.6) is 11.5 Å². The zero-order chi connectivity index (χ0) is 14.4. The van der Waals surface area contributed by atoms with Gasteiger partial charge < -0.3 is 9.47 Å². The molecule has 0 radical (unpaired) electrons. The van der Waals surface area contributed by atoms with Crippen molar-refractivity contribution in [2.24, 2.45) is 0 Å². The molecule has 112 valence electrons. The number of nitrogens with zero attached hydrogens (tertiary/aromatic N) is 1. The number of hydrogen-bond acceptors (Lipinski definition) is 3. The first-order valence-electron chi connectivity index (χ1n) is 7.29. The lowest BCUT2D eigenvalue weighted by atomic mass is 10.1. The first kappa shape index (κ1) is 15.6. The average molecular weight is 342 g/mol. The molecule has 1 heterocycles. The molecule has 1 atom stereocenters. The van der Waals surface area contributed by atoms with E-state index in [1.165, 1.54) is 37.8 Å². The largest absolute Gasteiger partial charge is 0.493 e. The molecule has 1 aromatic rings. The summed E-state index contributed by atoms with van der Waals surface area (Å²) in [5.74, 6) is 1.61. The van der Waals surface area contributed by atoms with Crippen LogP contribution in [0, 0.1) is 0 Å². The van der Waals surface area contributed by atoms with Crippen molar-refractivity contribution in [3.05, 3.63) is 23.8 Å². The SMILES string of the molecule is COc1ccc(CN2CCCCCC2CBr)cc1OC. The van der Waals surface area contributed by atoms with Gasteiger partial charge in [-0.1, -0.05) is 34.8 Å². The molecule has 0 saturated carbocycles. The molecule has 0 bridgehead atoms. The van der Waals surface area contributed by atoms with Crippen molar-refractivity contribution in [2.45, 2.75) is 38.3 Å². The summed E-state index contributed by atoms with van der Waals surface area (Å²) in [6, 6.07) is 6.87. The quantitative estimate of drug-likeness (QED) is 0.759. The molecule has 0 amide bonds. The van der Waals surface area contributed by atoms with E-state index in [2.05, 4.69) is 33.0 Å². The lowest BCUT2D eigenvalue weighted by Gasteiger charge is -2.28. The number of ether oxygens (including phenoxy) is 2. The summed E-state index contributed by atoms with van der Waals surface area (Å²) in [7, 11) is 3.36. The highest BCUT2D eigenvalue weighted by atomic mass is 79.9. The molecule has 1 saturated heterocycles. The minimum atomic E-state index is 0.644. The average Bonchev–Trinajstić information content (AvgIpc) is 2.72. The van der Waals surface area contributed by atoms with Crippen LogP contribution < -0.4 is 9.47 Å². The van der Waals surface area contributed by atoms with E-state index in [0.717, 1.165) is 23.4 Å². The van der Waals surface area contributed by atoms with E-state index in [9.17, 15) is 0 Å². The summed E-state index contributed by atoms with van der Waals surface area (Å²) in [6.07, 6.45) is 5.29. The fourth-order valence-corrected chi connectivity index (χ4v) is 3.57. The van der Waals surface area contributed by atoms with E-state index >= 15 is 0 Å². The molecule has 2 rings (SSSR count). The van der Waals surface area contributed by atoms with E-state index in [4.69, 9.17) is 9.47 Å². The molecule has 1 aromatic carbocycles. The van der Waals surface area contributed by atoms with Crippen molar-refractivity contribution >= 4 is 15.9 Å². The molecule has 20 heavy (non-hydrogen) atoms. The lowest BCUT2D eigenvalue weighted by Crippen LogP contribution is -2.35. The Hall–Kier alpha value is -0.740. The highest BCUT2D eigenvalue weighted by Crippen LogP contribution is 2.29. The summed E-state index contributed by atoms with van der Waals surface area (Å²) in [6.45, 7) is 2.17. The van der Waals surface area contributed by atoms with Crippen molar-refractivity contribution in [3.63, 3.8) is 0 Å². The van der Waals surface area contributed by atoms with Gasteiger partial charge in [0.05, 0.1) is 14.2 Å². The summed E-state index contributed by atoms with van der Waals surface area (Å²) in [5, 5.41) is 1.06. The van der Waals surface area contributed by atoms with Gasteiger partial charge in [0.25, 0.3) is 0 Å². The highest BCUT2D eigenvalue weighted by molar-refractivity contribution is 9.09. The number of benzene rings is 1. The Bertz CT molecular complexity index is 425. The van der Waals surface area contributed by atoms with Crippen LogP contribution in [0.2, 0.25) is 0 Å². The molecular weight excluding hydrogens is 318 g/mol. The standard InChI is InChI=1S/C16H24BrNO2/c1-19-15-8-7-13(10-16(15)20-2)12-18-9-5-3-4-6-14(18)11-17/h7-8,10,14H,3-6,9,11-12H2,1-2H3. The Morgan fingerprint density at radius 2 is 1.95 bits per heavy atom. The van der Waals surface area contributed by atoms with Crippen molar-refractivity contribution in [1.82, 2.24) is 4.90 Å². The van der Waals surface area contributed by atoms with Crippen LogP contribution in [0.3, 0.4) is 0 Å².